The fourth-order valence-corrected chi connectivity index (χ4v) is 6.77. The van der Waals surface area contributed by atoms with Gasteiger partial charge in [0.15, 0.2) is 0 Å². The first-order chi connectivity index (χ1) is 13.3. The minimum Gasteiger partial charge on any atom is -0.462 e. The van der Waals surface area contributed by atoms with Crippen LogP contribution >= 0.6 is 11.3 Å². The van der Waals surface area contributed by atoms with E-state index in [1.165, 1.54) is 0 Å². The molecule has 7 nitrogen and oxygen atoms in total. The van der Waals surface area contributed by atoms with Crippen molar-refractivity contribution in [2.24, 2.45) is 17.3 Å². The van der Waals surface area contributed by atoms with E-state index in [1.807, 2.05) is 6.07 Å². The highest BCUT2D eigenvalue weighted by Gasteiger charge is 2.60. The second-order valence-electron chi connectivity index (χ2n) is 8.52. The highest BCUT2D eigenvalue weighted by molar-refractivity contribution is 7.18. The van der Waals surface area contributed by atoms with E-state index in [0.29, 0.717) is 23.8 Å². The molecule has 0 amide bonds. The number of nitrogens with zero attached hydrogens (tertiary/aromatic N) is 1. The number of nitrogens with two attached hydrogens (primary N) is 1. The molecule has 5 rings (SSSR count). The van der Waals surface area contributed by atoms with Crippen molar-refractivity contribution in [3.05, 3.63) is 16.0 Å². The Balaban J connectivity index is 1.55. The molecule has 2 atom stereocenters. The lowest BCUT2D eigenvalue weighted by molar-refractivity contribution is -0.197. The molecule has 1 aromatic heterocycles. The number of esters is 2. The molecule has 0 unspecified atom stereocenters. The molecule has 4 fully saturated rings. The van der Waals surface area contributed by atoms with Gasteiger partial charge in [-0.05, 0) is 57.3 Å². The van der Waals surface area contributed by atoms with E-state index in [2.05, 4.69) is 0 Å². The van der Waals surface area contributed by atoms with Crippen LogP contribution in [0.4, 0.5) is 5.00 Å². The van der Waals surface area contributed by atoms with Gasteiger partial charge in [-0.2, -0.15) is 5.26 Å². The van der Waals surface area contributed by atoms with Gasteiger partial charge in [0, 0.05) is 5.56 Å². The summed E-state index contributed by atoms with van der Waals surface area (Å²) in [6, 6.07) is 1.99. The molecule has 0 aliphatic heterocycles. The normalized spacial score (nSPS) is 32.8. The first-order valence-electron chi connectivity index (χ1n) is 9.67. The van der Waals surface area contributed by atoms with Gasteiger partial charge < -0.3 is 20.3 Å². The second kappa shape index (κ2) is 6.75. The number of thiophene rings is 1. The average molecular weight is 404 g/mol. The van der Waals surface area contributed by atoms with Crippen LogP contribution in [-0.4, -0.2) is 29.3 Å². The molecule has 4 aliphatic carbocycles. The minimum atomic E-state index is -0.760. The third-order valence-electron chi connectivity index (χ3n) is 6.42. The van der Waals surface area contributed by atoms with Crippen molar-refractivity contribution < 1.29 is 24.2 Å². The highest BCUT2D eigenvalue weighted by Crippen LogP contribution is 2.62. The first kappa shape index (κ1) is 19.2. The molecule has 1 heterocycles. The van der Waals surface area contributed by atoms with E-state index in [-0.39, 0.29) is 34.6 Å². The van der Waals surface area contributed by atoms with Crippen LogP contribution in [0.1, 0.15) is 66.2 Å². The zero-order chi connectivity index (χ0) is 20.1. The number of nitriles is 1. The van der Waals surface area contributed by atoms with Gasteiger partial charge in [-0.3, -0.25) is 4.79 Å². The molecular formula is C20H24N2O5S. The van der Waals surface area contributed by atoms with E-state index >= 15 is 0 Å². The van der Waals surface area contributed by atoms with Crippen molar-refractivity contribution >= 4 is 28.3 Å². The molecule has 0 saturated heterocycles. The van der Waals surface area contributed by atoms with Crippen LogP contribution < -0.4 is 5.73 Å². The molecular weight excluding hydrogens is 380 g/mol. The second-order valence-corrected chi connectivity index (χ2v) is 9.58. The molecule has 28 heavy (non-hydrogen) atoms. The quantitative estimate of drug-likeness (QED) is 0.723. The van der Waals surface area contributed by atoms with Crippen LogP contribution in [0, 0.1) is 28.6 Å². The predicted molar refractivity (Wildman–Crippen MR) is 101 cm³/mol. The summed E-state index contributed by atoms with van der Waals surface area (Å²) in [5.74, 6) is -0.194. The van der Waals surface area contributed by atoms with Crippen LogP contribution in [0.3, 0.4) is 0 Å². The molecule has 0 spiro atoms. The van der Waals surface area contributed by atoms with Gasteiger partial charge in [0.1, 0.15) is 22.6 Å². The van der Waals surface area contributed by atoms with Crippen molar-refractivity contribution in [1.82, 2.24) is 0 Å². The Hall–Kier alpha value is -2.11. The third-order valence-corrected chi connectivity index (χ3v) is 7.46. The molecule has 150 valence electrons. The zero-order valence-electron chi connectivity index (χ0n) is 15.8. The lowest BCUT2D eigenvalue weighted by Crippen LogP contribution is -2.58. The monoisotopic (exact) mass is 404 g/mol. The first-order valence-corrected chi connectivity index (χ1v) is 10.5. The van der Waals surface area contributed by atoms with Crippen molar-refractivity contribution in [3.8, 4) is 6.07 Å². The SMILES string of the molecule is CCOC(=O)c1sc(N)c(C#N)c1COC(=O)C12C[C@H]3C[C@@H](CC(O)(C3)C1)C2. The number of aliphatic hydroxyl groups is 1. The van der Waals surface area contributed by atoms with E-state index in [9.17, 15) is 20.0 Å². The largest absolute Gasteiger partial charge is 0.462 e. The summed E-state index contributed by atoms with van der Waals surface area (Å²) in [7, 11) is 0. The molecule has 8 heteroatoms. The van der Waals surface area contributed by atoms with Crippen LogP contribution in [0.15, 0.2) is 0 Å². The zero-order valence-corrected chi connectivity index (χ0v) is 16.6. The van der Waals surface area contributed by atoms with Gasteiger partial charge in [-0.1, -0.05) is 0 Å². The predicted octanol–water partition coefficient (Wildman–Crippen LogP) is 2.75. The van der Waals surface area contributed by atoms with Gasteiger partial charge in [0.05, 0.1) is 23.2 Å². The van der Waals surface area contributed by atoms with Crippen LogP contribution in [0.5, 0.6) is 0 Å². The molecule has 1 aromatic rings. The Morgan fingerprint density at radius 3 is 2.54 bits per heavy atom. The van der Waals surface area contributed by atoms with Gasteiger partial charge in [0.25, 0.3) is 0 Å². The Morgan fingerprint density at radius 2 is 1.96 bits per heavy atom. The maximum atomic E-state index is 13.1. The van der Waals surface area contributed by atoms with Crippen LogP contribution in [0.2, 0.25) is 0 Å². The molecule has 4 saturated carbocycles. The molecule has 0 aromatic carbocycles. The summed E-state index contributed by atoms with van der Waals surface area (Å²) in [5.41, 5.74) is 4.92. The number of anilines is 1. The Kier molecular flexibility index (Phi) is 4.63. The highest BCUT2D eigenvalue weighted by atomic mass is 32.1. The number of ether oxygens (including phenoxy) is 2. The summed E-state index contributed by atoms with van der Waals surface area (Å²) in [5, 5.41) is 20.4. The molecule has 4 bridgehead atoms. The van der Waals surface area contributed by atoms with Crippen molar-refractivity contribution in [3.63, 3.8) is 0 Å². The molecule has 3 N–H and O–H groups in total. The maximum Gasteiger partial charge on any atom is 0.348 e. The number of carbonyl (C=O) groups excluding carboxylic acids is 2. The van der Waals surface area contributed by atoms with Crippen molar-refractivity contribution in [2.45, 2.75) is 57.7 Å². The van der Waals surface area contributed by atoms with Crippen LogP contribution in [-0.2, 0) is 20.9 Å². The Morgan fingerprint density at radius 1 is 1.29 bits per heavy atom. The van der Waals surface area contributed by atoms with E-state index in [4.69, 9.17) is 15.2 Å². The number of nitrogen functional groups attached to an aromatic ring is 1. The van der Waals surface area contributed by atoms with Crippen molar-refractivity contribution in [2.75, 3.05) is 12.3 Å². The number of carbonyl (C=O) groups is 2. The molecule has 4 aliphatic rings. The van der Waals surface area contributed by atoms with Crippen molar-refractivity contribution in [1.29, 1.82) is 5.26 Å². The Labute approximate surface area is 167 Å². The summed E-state index contributed by atoms with van der Waals surface area (Å²) in [4.78, 5) is 25.5. The van der Waals surface area contributed by atoms with Gasteiger partial charge in [-0.15, -0.1) is 11.3 Å². The number of hydrogen-bond donors (Lipinski definition) is 2. The van der Waals surface area contributed by atoms with E-state index in [1.54, 1.807) is 6.92 Å². The smallest absolute Gasteiger partial charge is 0.348 e. The van der Waals surface area contributed by atoms with Gasteiger partial charge in [-0.25, -0.2) is 4.79 Å². The maximum absolute atomic E-state index is 13.1. The Bertz CT molecular complexity index is 857. The summed E-state index contributed by atoms with van der Waals surface area (Å²) >= 11 is 0.974. The molecule has 0 radical (unpaired) electrons. The number of rotatable bonds is 5. The number of hydrogen-bond acceptors (Lipinski definition) is 8. The topological polar surface area (TPSA) is 123 Å². The average Bonchev–Trinajstić information content (AvgIpc) is 2.93. The van der Waals surface area contributed by atoms with Gasteiger partial charge >= 0.3 is 11.9 Å². The lowest BCUT2D eigenvalue weighted by Gasteiger charge is -2.58. The van der Waals surface area contributed by atoms with E-state index in [0.717, 1.165) is 43.4 Å². The fourth-order valence-electron chi connectivity index (χ4n) is 5.85. The standard InChI is InChI=1S/C20H24N2O5S/c1-2-26-17(23)15-14(13(8-21)16(22)28-15)9-27-18(24)19-4-11-3-12(5-19)7-20(25,6-11)10-19/h11-12,25H,2-7,9-10,22H2,1H3/t11-,12-,19?,20?/m1/s1. The minimum absolute atomic E-state index is 0.157. The summed E-state index contributed by atoms with van der Waals surface area (Å²) in [6.07, 6.45) is 4.53. The lowest BCUT2D eigenvalue weighted by atomic mass is 9.48. The van der Waals surface area contributed by atoms with Crippen LogP contribution in [0.25, 0.3) is 0 Å². The van der Waals surface area contributed by atoms with E-state index < -0.39 is 17.0 Å². The summed E-state index contributed by atoms with van der Waals surface area (Å²) < 4.78 is 10.7. The van der Waals surface area contributed by atoms with Gasteiger partial charge in [0.2, 0.25) is 0 Å². The third kappa shape index (κ3) is 3.07. The summed E-state index contributed by atoms with van der Waals surface area (Å²) in [6.45, 7) is 1.69. The fraction of sp³-hybridized carbons (Fsp3) is 0.650.